The third-order valence-corrected chi connectivity index (χ3v) is 1.39. The third-order valence-electron chi connectivity index (χ3n) is 1.39. The van der Waals surface area contributed by atoms with E-state index in [2.05, 4.69) is 10.6 Å². The first-order chi connectivity index (χ1) is 5.90. The molecule has 0 radical (unpaired) electrons. The number of urea groups is 1. The minimum Gasteiger partial charge on any atom is -0.479 e. The highest BCUT2D eigenvalue weighted by molar-refractivity contribution is 5.79. The molecule has 0 fully saturated rings. The van der Waals surface area contributed by atoms with Crippen molar-refractivity contribution in [3.05, 3.63) is 0 Å². The Bertz CT molecular complexity index is 203. The number of nitrogens with one attached hydrogen (secondary N) is 2. The highest BCUT2D eigenvalue weighted by Crippen LogP contribution is 2.00. The molecule has 6 heteroatoms. The molecule has 0 rings (SSSR count). The van der Waals surface area contributed by atoms with Gasteiger partial charge < -0.3 is 20.8 Å². The van der Waals surface area contributed by atoms with E-state index in [4.69, 9.17) is 10.2 Å². The molecule has 0 aliphatic carbocycles. The molecule has 0 aromatic heterocycles. The number of hydrogen-bond donors (Lipinski definition) is 4. The fourth-order valence-corrected chi connectivity index (χ4v) is 0.551. The van der Waals surface area contributed by atoms with Crippen LogP contribution in [0.4, 0.5) is 4.79 Å². The topological polar surface area (TPSA) is 98.7 Å². The summed E-state index contributed by atoms with van der Waals surface area (Å²) in [6.07, 6.45) is 0. The first-order valence-corrected chi connectivity index (χ1v) is 3.87. The van der Waals surface area contributed by atoms with Crippen molar-refractivity contribution in [2.24, 2.45) is 0 Å². The van der Waals surface area contributed by atoms with Crippen LogP contribution in [-0.2, 0) is 4.79 Å². The monoisotopic (exact) mass is 190 g/mol. The second kappa shape index (κ2) is 4.66. The summed E-state index contributed by atoms with van der Waals surface area (Å²) in [6, 6.07) is -0.496. The third kappa shape index (κ3) is 4.32. The molecule has 0 saturated heterocycles. The Morgan fingerprint density at radius 3 is 2.31 bits per heavy atom. The van der Waals surface area contributed by atoms with Crippen molar-refractivity contribution in [2.45, 2.75) is 19.4 Å². The summed E-state index contributed by atoms with van der Waals surface area (Å²) >= 11 is 0. The smallest absolute Gasteiger partial charge is 0.337 e. The lowest BCUT2D eigenvalue weighted by Gasteiger charge is -2.18. The zero-order chi connectivity index (χ0) is 10.5. The first-order valence-electron chi connectivity index (χ1n) is 3.87. The number of carboxylic acid groups (broad SMARTS) is 1. The molecule has 0 heterocycles. The number of carboxylic acids is 1. The van der Waals surface area contributed by atoms with Gasteiger partial charge in [-0.3, -0.25) is 0 Å². The number of amides is 2. The number of hydrogen-bond acceptors (Lipinski definition) is 3. The molecular weight excluding hydrogens is 176 g/mol. The lowest BCUT2D eigenvalue weighted by Crippen LogP contribution is -2.49. The van der Waals surface area contributed by atoms with Crippen molar-refractivity contribution in [1.82, 2.24) is 10.6 Å². The van der Waals surface area contributed by atoms with Gasteiger partial charge in [-0.15, -0.1) is 0 Å². The fraction of sp³-hybridized carbons (Fsp3) is 0.714. The number of rotatable bonds is 4. The van der Waals surface area contributed by atoms with Gasteiger partial charge in [-0.2, -0.15) is 0 Å². The Kier molecular flexibility index (Phi) is 4.19. The van der Waals surface area contributed by atoms with Crippen LogP contribution in [0, 0.1) is 0 Å². The van der Waals surface area contributed by atoms with E-state index in [9.17, 15) is 9.59 Å². The predicted molar refractivity (Wildman–Crippen MR) is 45.3 cm³/mol. The summed E-state index contributed by atoms with van der Waals surface area (Å²) in [5.74, 6) is -1.37. The van der Waals surface area contributed by atoms with E-state index in [-0.39, 0.29) is 6.54 Å². The Morgan fingerprint density at radius 1 is 1.38 bits per heavy atom. The molecule has 0 aliphatic heterocycles. The van der Waals surface area contributed by atoms with Crippen molar-refractivity contribution >= 4 is 12.0 Å². The molecule has 4 N–H and O–H groups in total. The highest BCUT2D eigenvalue weighted by Gasteiger charge is 2.29. The maximum absolute atomic E-state index is 10.8. The molecule has 0 saturated carbocycles. The van der Waals surface area contributed by atoms with Crippen molar-refractivity contribution in [2.75, 3.05) is 13.1 Å². The predicted octanol–water partition coefficient (Wildman–Crippen LogP) is -0.859. The van der Waals surface area contributed by atoms with Crippen molar-refractivity contribution in [3.63, 3.8) is 0 Å². The zero-order valence-electron chi connectivity index (χ0n) is 7.63. The van der Waals surface area contributed by atoms with E-state index in [1.165, 1.54) is 0 Å². The Morgan fingerprint density at radius 2 is 1.92 bits per heavy atom. The van der Waals surface area contributed by atoms with Gasteiger partial charge >= 0.3 is 12.0 Å². The maximum atomic E-state index is 10.8. The van der Waals surface area contributed by atoms with Crippen LogP contribution >= 0.6 is 0 Å². The quantitative estimate of drug-likeness (QED) is 0.463. The molecular formula is C7H14N2O4. The van der Waals surface area contributed by atoms with Crippen LogP contribution in [-0.4, -0.2) is 40.9 Å². The van der Waals surface area contributed by atoms with Crippen LogP contribution in [0.5, 0.6) is 0 Å². The first kappa shape index (κ1) is 11.7. The van der Waals surface area contributed by atoms with Crippen LogP contribution < -0.4 is 10.6 Å². The number of aliphatic hydroxyl groups is 1. The molecule has 0 aliphatic rings. The van der Waals surface area contributed by atoms with Gasteiger partial charge in [0.25, 0.3) is 0 Å². The summed E-state index contributed by atoms with van der Waals surface area (Å²) < 4.78 is 0. The average molecular weight is 190 g/mol. The minimum absolute atomic E-state index is 0.325. The molecule has 1 unspecified atom stereocenters. The molecule has 76 valence electrons. The number of aliphatic carboxylic acids is 1. The normalized spacial score (nSPS) is 14.4. The van der Waals surface area contributed by atoms with Crippen LogP contribution in [0.15, 0.2) is 0 Å². The average Bonchev–Trinajstić information content (AvgIpc) is 2.01. The molecule has 0 spiro atoms. The summed E-state index contributed by atoms with van der Waals surface area (Å²) in [5.41, 5.74) is -1.93. The van der Waals surface area contributed by atoms with Crippen molar-refractivity contribution in [3.8, 4) is 0 Å². The molecule has 2 amide bonds. The SMILES string of the molecule is CCNC(=O)NCC(C)(O)C(=O)O. The zero-order valence-corrected chi connectivity index (χ0v) is 7.63. The molecule has 0 bridgehead atoms. The lowest BCUT2D eigenvalue weighted by molar-refractivity contribution is -0.155. The van der Waals surface area contributed by atoms with Crippen LogP contribution in [0.2, 0.25) is 0 Å². The summed E-state index contributed by atoms with van der Waals surface area (Å²) in [6.45, 7) is 2.96. The van der Waals surface area contributed by atoms with Gasteiger partial charge in [0.1, 0.15) is 0 Å². The van der Waals surface area contributed by atoms with Gasteiger partial charge in [-0.1, -0.05) is 0 Å². The van der Waals surface area contributed by atoms with Gasteiger partial charge in [0.05, 0.1) is 6.54 Å². The van der Waals surface area contributed by atoms with E-state index >= 15 is 0 Å². The van der Waals surface area contributed by atoms with Crippen LogP contribution in [0.1, 0.15) is 13.8 Å². The Balaban J connectivity index is 3.88. The Labute approximate surface area is 75.9 Å². The van der Waals surface area contributed by atoms with E-state index in [0.29, 0.717) is 6.54 Å². The van der Waals surface area contributed by atoms with Crippen molar-refractivity contribution < 1.29 is 19.8 Å². The molecule has 6 nitrogen and oxygen atoms in total. The second-order valence-electron chi connectivity index (χ2n) is 2.79. The van der Waals surface area contributed by atoms with Crippen LogP contribution in [0.3, 0.4) is 0 Å². The van der Waals surface area contributed by atoms with Crippen LogP contribution in [0.25, 0.3) is 0 Å². The highest BCUT2D eigenvalue weighted by atomic mass is 16.4. The second-order valence-corrected chi connectivity index (χ2v) is 2.79. The summed E-state index contributed by atoms with van der Waals surface area (Å²) in [5, 5.41) is 22.3. The summed E-state index contributed by atoms with van der Waals surface area (Å²) in [7, 11) is 0. The largest absolute Gasteiger partial charge is 0.479 e. The van der Waals surface area contributed by atoms with E-state index in [0.717, 1.165) is 6.92 Å². The van der Waals surface area contributed by atoms with E-state index in [1.807, 2.05) is 0 Å². The van der Waals surface area contributed by atoms with Gasteiger partial charge in [-0.05, 0) is 13.8 Å². The van der Waals surface area contributed by atoms with Gasteiger partial charge in [-0.25, -0.2) is 9.59 Å². The molecule has 1 atom stereocenters. The molecule has 13 heavy (non-hydrogen) atoms. The molecule has 0 aromatic rings. The maximum Gasteiger partial charge on any atom is 0.337 e. The standard InChI is InChI=1S/C7H14N2O4/c1-3-8-6(12)9-4-7(2,13)5(10)11/h13H,3-4H2,1-2H3,(H,10,11)(H2,8,9,12). The van der Waals surface area contributed by atoms with Gasteiger partial charge in [0.15, 0.2) is 5.60 Å². The Hall–Kier alpha value is -1.30. The lowest BCUT2D eigenvalue weighted by atomic mass is 10.1. The molecule has 0 aromatic carbocycles. The number of carbonyl (C=O) groups is 2. The van der Waals surface area contributed by atoms with Gasteiger partial charge in [0.2, 0.25) is 0 Å². The van der Waals surface area contributed by atoms with Gasteiger partial charge in [0, 0.05) is 6.54 Å². The van der Waals surface area contributed by atoms with E-state index < -0.39 is 17.6 Å². The fourth-order valence-electron chi connectivity index (χ4n) is 0.551. The minimum atomic E-state index is -1.93. The van der Waals surface area contributed by atoms with E-state index in [1.54, 1.807) is 6.92 Å². The van der Waals surface area contributed by atoms with Crippen molar-refractivity contribution in [1.29, 1.82) is 0 Å². The number of carbonyl (C=O) groups excluding carboxylic acids is 1. The summed E-state index contributed by atoms with van der Waals surface area (Å²) in [4.78, 5) is 21.2.